The summed E-state index contributed by atoms with van der Waals surface area (Å²) in [6.07, 6.45) is 0. The summed E-state index contributed by atoms with van der Waals surface area (Å²) >= 11 is 0. The lowest BCUT2D eigenvalue weighted by molar-refractivity contribution is -0.384. The number of nitro benzene ring substituents is 1. The summed E-state index contributed by atoms with van der Waals surface area (Å²) in [5.41, 5.74) is 0.410. The normalized spacial score (nSPS) is 15.0. The molecule has 1 heterocycles. The first-order valence-electron chi connectivity index (χ1n) is 5.07. The van der Waals surface area contributed by atoms with Crippen molar-refractivity contribution in [1.29, 1.82) is 0 Å². The molecule has 7 heteroatoms. The van der Waals surface area contributed by atoms with Crippen molar-refractivity contribution in [2.75, 3.05) is 18.1 Å². The number of carbonyl (C=O) groups is 1. The first-order chi connectivity index (χ1) is 8.63. The van der Waals surface area contributed by atoms with Crippen molar-refractivity contribution < 1.29 is 19.2 Å². The minimum absolute atomic E-state index is 0.0642. The van der Waals surface area contributed by atoms with Crippen LogP contribution in [0.4, 0.5) is 11.4 Å². The smallest absolute Gasteiger partial charge is 0.305 e. The number of amides is 1. The predicted octanol–water partition coefficient (Wildman–Crippen LogP) is 0.673. The van der Waals surface area contributed by atoms with Gasteiger partial charge in [-0.2, -0.15) is 0 Å². The summed E-state index contributed by atoms with van der Waals surface area (Å²) in [5, 5.41) is 10.5. The highest BCUT2D eigenvalue weighted by atomic mass is 16.6. The number of rotatable bonds is 2. The third-order valence-electron chi connectivity index (χ3n) is 2.47. The molecule has 1 aromatic rings. The molecule has 0 bridgehead atoms. The summed E-state index contributed by atoms with van der Waals surface area (Å²) < 4.78 is 4.85. The van der Waals surface area contributed by atoms with E-state index in [1.807, 2.05) is 0 Å². The summed E-state index contributed by atoms with van der Waals surface area (Å²) in [4.78, 5) is 33.5. The SMILES string of the molecule is O=C=C1OCCN(c2ccc([N+](=O)[O-])cc2)C1=O. The van der Waals surface area contributed by atoms with Gasteiger partial charge >= 0.3 is 5.91 Å². The monoisotopic (exact) mass is 248 g/mol. The Labute approximate surface area is 101 Å². The van der Waals surface area contributed by atoms with Gasteiger partial charge in [0.2, 0.25) is 0 Å². The molecular weight excluding hydrogens is 240 g/mol. The quantitative estimate of drug-likeness (QED) is 0.332. The Morgan fingerprint density at radius 2 is 2.00 bits per heavy atom. The van der Waals surface area contributed by atoms with Gasteiger partial charge in [-0.3, -0.25) is 14.9 Å². The maximum absolute atomic E-state index is 11.7. The van der Waals surface area contributed by atoms with Crippen LogP contribution in [0, 0.1) is 10.1 Å². The number of hydrogen-bond donors (Lipinski definition) is 0. The number of non-ortho nitro benzene ring substituents is 1. The van der Waals surface area contributed by atoms with E-state index in [2.05, 4.69) is 0 Å². The van der Waals surface area contributed by atoms with E-state index >= 15 is 0 Å². The Balaban J connectivity index is 2.28. The van der Waals surface area contributed by atoms with Crippen LogP contribution < -0.4 is 4.90 Å². The van der Waals surface area contributed by atoms with Crippen LogP contribution in [0.5, 0.6) is 0 Å². The molecule has 7 nitrogen and oxygen atoms in total. The molecule has 1 aliphatic heterocycles. The molecule has 92 valence electrons. The molecular formula is C11H8N2O5. The highest BCUT2D eigenvalue weighted by molar-refractivity contribution is 6.09. The van der Waals surface area contributed by atoms with Gasteiger partial charge in [0.05, 0.1) is 11.5 Å². The second-order valence-corrected chi connectivity index (χ2v) is 3.51. The van der Waals surface area contributed by atoms with E-state index in [4.69, 9.17) is 4.74 Å². The third kappa shape index (κ3) is 2.07. The highest BCUT2D eigenvalue weighted by Crippen LogP contribution is 2.22. The van der Waals surface area contributed by atoms with Gasteiger partial charge in [0.1, 0.15) is 6.61 Å². The van der Waals surface area contributed by atoms with Crippen molar-refractivity contribution in [3.8, 4) is 0 Å². The van der Waals surface area contributed by atoms with Gasteiger partial charge < -0.3 is 9.64 Å². The van der Waals surface area contributed by atoms with Crippen molar-refractivity contribution in [2.24, 2.45) is 0 Å². The molecule has 1 fully saturated rings. The molecule has 1 aromatic carbocycles. The molecule has 18 heavy (non-hydrogen) atoms. The third-order valence-corrected chi connectivity index (χ3v) is 2.47. The van der Waals surface area contributed by atoms with Crippen LogP contribution in [-0.2, 0) is 14.3 Å². The molecule has 2 rings (SSSR count). The van der Waals surface area contributed by atoms with Crippen LogP contribution in [0.25, 0.3) is 0 Å². The zero-order valence-electron chi connectivity index (χ0n) is 9.16. The number of nitro groups is 1. The predicted molar refractivity (Wildman–Crippen MR) is 60.6 cm³/mol. The van der Waals surface area contributed by atoms with Gasteiger partial charge in [-0.1, -0.05) is 0 Å². The van der Waals surface area contributed by atoms with E-state index < -0.39 is 10.8 Å². The van der Waals surface area contributed by atoms with Gasteiger partial charge in [-0.15, -0.1) is 0 Å². The van der Waals surface area contributed by atoms with E-state index in [9.17, 15) is 19.7 Å². The second kappa shape index (κ2) is 4.68. The number of anilines is 1. The summed E-state index contributed by atoms with van der Waals surface area (Å²) in [6.45, 7) is 0.467. The largest absolute Gasteiger partial charge is 0.478 e. The molecule has 0 unspecified atom stereocenters. The highest BCUT2D eigenvalue weighted by Gasteiger charge is 2.27. The Morgan fingerprint density at radius 1 is 1.33 bits per heavy atom. The molecule has 0 N–H and O–H groups in total. The van der Waals surface area contributed by atoms with E-state index in [0.717, 1.165) is 0 Å². The maximum atomic E-state index is 11.7. The average Bonchev–Trinajstić information content (AvgIpc) is 2.39. The molecule has 0 aliphatic carbocycles. The Bertz CT molecular complexity index is 545. The van der Waals surface area contributed by atoms with Gasteiger partial charge in [0.25, 0.3) is 11.4 Å². The average molecular weight is 248 g/mol. The molecule has 0 saturated carbocycles. The lowest BCUT2D eigenvalue weighted by Gasteiger charge is -2.26. The van der Waals surface area contributed by atoms with E-state index in [0.29, 0.717) is 5.69 Å². The Hall–Kier alpha value is -2.66. The lowest BCUT2D eigenvalue weighted by Crippen LogP contribution is -2.40. The van der Waals surface area contributed by atoms with Crippen molar-refractivity contribution >= 4 is 23.2 Å². The Morgan fingerprint density at radius 3 is 2.56 bits per heavy atom. The summed E-state index contributed by atoms with van der Waals surface area (Å²) in [7, 11) is 0. The van der Waals surface area contributed by atoms with E-state index in [-0.39, 0.29) is 24.6 Å². The molecule has 0 radical (unpaired) electrons. The van der Waals surface area contributed by atoms with Gasteiger partial charge in [0, 0.05) is 17.8 Å². The van der Waals surface area contributed by atoms with Crippen LogP contribution in [0.1, 0.15) is 0 Å². The number of hydrogen-bond acceptors (Lipinski definition) is 5. The Kier molecular flexibility index (Phi) is 3.07. The van der Waals surface area contributed by atoms with E-state index in [1.54, 1.807) is 0 Å². The van der Waals surface area contributed by atoms with Crippen molar-refractivity contribution in [1.82, 2.24) is 0 Å². The van der Waals surface area contributed by atoms with Crippen molar-refractivity contribution in [3.05, 3.63) is 40.1 Å². The topological polar surface area (TPSA) is 89.8 Å². The maximum Gasteiger partial charge on any atom is 0.305 e. The van der Waals surface area contributed by atoms with Crippen LogP contribution in [0.15, 0.2) is 30.0 Å². The zero-order valence-corrected chi connectivity index (χ0v) is 9.16. The number of ether oxygens (including phenoxy) is 1. The number of benzene rings is 1. The zero-order chi connectivity index (χ0) is 13.1. The van der Waals surface area contributed by atoms with Crippen LogP contribution in [0.3, 0.4) is 0 Å². The minimum atomic E-state index is -0.592. The molecule has 1 aliphatic rings. The first-order valence-corrected chi connectivity index (χ1v) is 5.07. The second-order valence-electron chi connectivity index (χ2n) is 3.51. The fraction of sp³-hybridized carbons (Fsp3) is 0.182. The van der Waals surface area contributed by atoms with Crippen molar-refractivity contribution in [3.63, 3.8) is 0 Å². The van der Waals surface area contributed by atoms with Crippen LogP contribution in [-0.4, -0.2) is 29.9 Å². The van der Waals surface area contributed by atoms with Gasteiger partial charge in [-0.25, -0.2) is 4.79 Å². The molecule has 1 saturated heterocycles. The lowest BCUT2D eigenvalue weighted by atomic mass is 10.2. The number of nitrogens with zero attached hydrogens (tertiary/aromatic N) is 2. The van der Waals surface area contributed by atoms with Crippen molar-refractivity contribution in [2.45, 2.75) is 0 Å². The van der Waals surface area contributed by atoms with Crippen LogP contribution >= 0.6 is 0 Å². The molecule has 0 atom stereocenters. The molecule has 0 aromatic heterocycles. The first kappa shape index (κ1) is 11.8. The fourth-order valence-corrected chi connectivity index (χ4v) is 1.60. The number of carbonyl (C=O) groups excluding carboxylic acids is 2. The fourth-order valence-electron chi connectivity index (χ4n) is 1.60. The molecule has 0 spiro atoms. The van der Waals surface area contributed by atoms with Crippen LogP contribution in [0.2, 0.25) is 0 Å². The van der Waals surface area contributed by atoms with E-state index in [1.165, 1.54) is 35.1 Å². The summed E-state index contributed by atoms with van der Waals surface area (Å²) in [6, 6.07) is 5.48. The van der Waals surface area contributed by atoms with Gasteiger partial charge in [0.15, 0.2) is 5.94 Å². The number of morpholine rings is 1. The molecule has 1 amide bonds. The summed E-state index contributed by atoms with van der Waals surface area (Å²) in [5.74, 6) is 0.460. The van der Waals surface area contributed by atoms with Gasteiger partial charge in [-0.05, 0) is 12.1 Å². The minimum Gasteiger partial charge on any atom is -0.478 e. The standard InChI is InChI=1S/C11H8N2O5/c14-7-10-11(15)12(5-6-18-10)8-1-3-9(4-2-8)13(16)17/h1-4H,5-6H2.